The molecule has 0 aliphatic heterocycles. The van der Waals surface area contributed by atoms with Gasteiger partial charge in [0.2, 0.25) is 15.9 Å². The number of nitrogens with zero attached hydrogens (tertiary/aromatic N) is 1. The lowest BCUT2D eigenvalue weighted by Gasteiger charge is -2.22. The summed E-state index contributed by atoms with van der Waals surface area (Å²) in [6.45, 7) is -0.972. The van der Waals surface area contributed by atoms with Crippen LogP contribution >= 0.6 is 34.8 Å². The Labute approximate surface area is 198 Å². The molecule has 3 aromatic rings. The minimum absolute atomic E-state index is 0.114. The van der Waals surface area contributed by atoms with E-state index in [4.69, 9.17) is 34.8 Å². The van der Waals surface area contributed by atoms with Gasteiger partial charge < -0.3 is 5.32 Å². The maximum atomic E-state index is 13.9. The third-order valence-corrected chi connectivity index (χ3v) is 6.98. The number of amides is 1. The second kappa shape index (κ2) is 10.1. The Morgan fingerprint density at radius 1 is 0.906 bits per heavy atom. The van der Waals surface area contributed by atoms with Crippen molar-refractivity contribution in [3.05, 3.63) is 92.9 Å². The van der Waals surface area contributed by atoms with Crippen molar-refractivity contribution in [3.63, 3.8) is 0 Å². The van der Waals surface area contributed by atoms with Crippen LogP contribution in [0.25, 0.3) is 0 Å². The molecule has 3 rings (SSSR count). The van der Waals surface area contributed by atoms with Crippen LogP contribution in [0.1, 0.15) is 5.56 Å². The average Bonchev–Trinajstić information content (AvgIpc) is 2.72. The summed E-state index contributed by atoms with van der Waals surface area (Å²) in [7, 11) is -4.19. The Morgan fingerprint density at radius 2 is 1.56 bits per heavy atom. The highest BCUT2D eigenvalue weighted by Crippen LogP contribution is 2.26. The maximum absolute atomic E-state index is 13.9. The second-order valence-corrected chi connectivity index (χ2v) is 9.85. The van der Waals surface area contributed by atoms with Gasteiger partial charge in [0.15, 0.2) is 0 Å². The average molecular weight is 520 g/mol. The van der Waals surface area contributed by atoms with Gasteiger partial charge in [-0.3, -0.25) is 4.79 Å². The van der Waals surface area contributed by atoms with Crippen LogP contribution in [-0.4, -0.2) is 25.2 Å². The smallest absolute Gasteiger partial charge is 0.243 e. The number of rotatable bonds is 7. The summed E-state index contributed by atoms with van der Waals surface area (Å²) >= 11 is 17.9. The minimum Gasteiger partial charge on any atom is -0.322 e. The Hall–Kier alpha value is -2.23. The summed E-state index contributed by atoms with van der Waals surface area (Å²) < 4.78 is 54.6. The summed E-state index contributed by atoms with van der Waals surface area (Å²) in [4.78, 5) is 12.5. The molecule has 5 nitrogen and oxygen atoms in total. The molecule has 0 atom stereocenters. The van der Waals surface area contributed by atoms with E-state index >= 15 is 0 Å². The zero-order valence-electron chi connectivity index (χ0n) is 16.2. The first-order chi connectivity index (χ1) is 15.1. The molecule has 1 amide bonds. The van der Waals surface area contributed by atoms with E-state index in [1.165, 1.54) is 42.5 Å². The molecule has 0 heterocycles. The van der Waals surface area contributed by atoms with Gasteiger partial charge in [0.25, 0.3) is 0 Å². The van der Waals surface area contributed by atoms with Gasteiger partial charge in [-0.2, -0.15) is 4.31 Å². The SMILES string of the molecule is O=C(CN(Cc1ccc(Cl)cc1Cl)S(=O)(=O)c1ccc(Cl)cc1)Nc1cc(F)ccc1F. The van der Waals surface area contributed by atoms with Crippen molar-refractivity contribution < 1.29 is 22.0 Å². The van der Waals surface area contributed by atoms with Gasteiger partial charge in [-0.1, -0.05) is 40.9 Å². The van der Waals surface area contributed by atoms with Crippen LogP contribution < -0.4 is 5.32 Å². The number of nitrogens with one attached hydrogen (secondary N) is 1. The Kier molecular flexibility index (Phi) is 7.74. The molecule has 0 radical (unpaired) electrons. The second-order valence-electron chi connectivity index (χ2n) is 6.64. The Bertz CT molecular complexity index is 1260. The van der Waals surface area contributed by atoms with Crippen LogP contribution in [0.3, 0.4) is 0 Å². The predicted molar refractivity (Wildman–Crippen MR) is 120 cm³/mol. The highest BCUT2D eigenvalue weighted by atomic mass is 35.5. The van der Waals surface area contributed by atoms with E-state index in [0.717, 1.165) is 22.5 Å². The highest BCUT2D eigenvalue weighted by molar-refractivity contribution is 7.89. The zero-order valence-corrected chi connectivity index (χ0v) is 19.2. The van der Waals surface area contributed by atoms with Gasteiger partial charge in [-0.25, -0.2) is 17.2 Å². The van der Waals surface area contributed by atoms with Crippen molar-refractivity contribution in [1.29, 1.82) is 0 Å². The number of hydrogen-bond donors (Lipinski definition) is 1. The molecule has 1 N–H and O–H groups in total. The van der Waals surface area contributed by atoms with E-state index in [1.807, 2.05) is 0 Å². The largest absolute Gasteiger partial charge is 0.322 e. The highest BCUT2D eigenvalue weighted by Gasteiger charge is 2.28. The molecular formula is C21H15Cl3F2N2O3S. The lowest BCUT2D eigenvalue weighted by molar-refractivity contribution is -0.116. The van der Waals surface area contributed by atoms with E-state index in [2.05, 4.69) is 5.32 Å². The van der Waals surface area contributed by atoms with Crippen LogP contribution in [0.4, 0.5) is 14.5 Å². The van der Waals surface area contributed by atoms with Gasteiger partial charge in [-0.15, -0.1) is 0 Å². The number of carbonyl (C=O) groups excluding carboxylic acids is 1. The fourth-order valence-corrected chi connectivity index (χ4v) is 4.73. The van der Waals surface area contributed by atoms with E-state index in [0.29, 0.717) is 15.6 Å². The van der Waals surface area contributed by atoms with E-state index in [-0.39, 0.29) is 16.5 Å². The first-order valence-electron chi connectivity index (χ1n) is 9.01. The number of anilines is 1. The molecule has 32 heavy (non-hydrogen) atoms. The summed E-state index contributed by atoms with van der Waals surface area (Å²) in [6, 6.07) is 12.4. The molecule has 0 aliphatic rings. The molecule has 0 aliphatic carbocycles. The van der Waals surface area contributed by atoms with Gasteiger partial charge in [0, 0.05) is 27.7 Å². The quantitative estimate of drug-likeness (QED) is 0.432. The van der Waals surface area contributed by atoms with Crippen molar-refractivity contribution in [2.75, 3.05) is 11.9 Å². The molecule has 0 bridgehead atoms. The first-order valence-corrected chi connectivity index (χ1v) is 11.6. The standard InChI is InChI=1S/C21H15Cl3F2N2O3S/c22-14-3-6-17(7-4-14)32(30,31)28(11-13-1-2-15(23)9-18(13)24)12-21(29)27-20-10-16(25)5-8-19(20)26/h1-10H,11-12H2,(H,27,29). The predicted octanol–water partition coefficient (Wildman–Crippen LogP) is 5.75. The summed E-state index contributed by atoms with van der Waals surface area (Å²) in [5.74, 6) is -2.51. The first kappa shape index (κ1) is 24.4. The maximum Gasteiger partial charge on any atom is 0.243 e. The van der Waals surface area contributed by atoms with Crippen molar-refractivity contribution in [1.82, 2.24) is 4.31 Å². The number of halogens is 5. The fraction of sp³-hybridized carbons (Fsp3) is 0.0952. The fourth-order valence-electron chi connectivity index (χ4n) is 2.76. The minimum atomic E-state index is -4.19. The lowest BCUT2D eigenvalue weighted by atomic mass is 10.2. The van der Waals surface area contributed by atoms with E-state index < -0.39 is 39.8 Å². The molecule has 3 aromatic carbocycles. The molecule has 0 fully saturated rings. The van der Waals surface area contributed by atoms with Crippen molar-refractivity contribution in [2.24, 2.45) is 0 Å². The van der Waals surface area contributed by atoms with Gasteiger partial charge in [0.05, 0.1) is 17.1 Å². The number of carbonyl (C=O) groups is 1. The van der Waals surface area contributed by atoms with Gasteiger partial charge in [0.1, 0.15) is 11.6 Å². The van der Waals surface area contributed by atoms with Crippen LogP contribution in [0.2, 0.25) is 15.1 Å². The molecule has 0 aromatic heterocycles. The zero-order chi connectivity index (χ0) is 23.5. The topological polar surface area (TPSA) is 66.5 Å². The summed E-state index contributed by atoms with van der Waals surface area (Å²) in [5.41, 5.74) is -0.0262. The Balaban J connectivity index is 1.93. The van der Waals surface area contributed by atoms with Crippen LogP contribution in [0, 0.1) is 11.6 Å². The molecule has 0 spiro atoms. The Morgan fingerprint density at radius 3 is 2.22 bits per heavy atom. The van der Waals surface area contributed by atoms with Gasteiger partial charge in [-0.05, 0) is 54.1 Å². The van der Waals surface area contributed by atoms with E-state index in [1.54, 1.807) is 0 Å². The molecule has 0 saturated heterocycles. The molecular weight excluding hydrogens is 505 g/mol. The molecule has 11 heteroatoms. The molecule has 0 saturated carbocycles. The number of sulfonamides is 1. The van der Waals surface area contributed by atoms with Crippen LogP contribution in [0.15, 0.2) is 65.6 Å². The molecule has 168 valence electrons. The number of hydrogen-bond acceptors (Lipinski definition) is 3. The summed E-state index contributed by atoms with van der Waals surface area (Å²) in [6.07, 6.45) is 0. The monoisotopic (exact) mass is 518 g/mol. The lowest BCUT2D eigenvalue weighted by Crippen LogP contribution is -2.37. The van der Waals surface area contributed by atoms with Gasteiger partial charge >= 0.3 is 0 Å². The van der Waals surface area contributed by atoms with Crippen LogP contribution in [0.5, 0.6) is 0 Å². The molecule has 0 unspecified atom stereocenters. The van der Waals surface area contributed by atoms with E-state index in [9.17, 15) is 22.0 Å². The van der Waals surface area contributed by atoms with Crippen molar-refractivity contribution >= 4 is 56.4 Å². The van der Waals surface area contributed by atoms with Crippen molar-refractivity contribution in [3.8, 4) is 0 Å². The van der Waals surface area contributed by atoms with Crippen molar-refractivity contribution in [2.45, 2.75) is 11.4 Å². The number of benzene rings is 3. The normalized spacial score (nSPS) is 11.6. The third kappa shape index (κ3) is 5.96. The summed E-state index contributed by atoms with van der Waals surface area (Å²) in [5, 5.41) is 3.07. The third-order valence-electron chi connectivity index (χ3n) is 4.34. The van der Waals surface area contributed by atoms with Crippen LogP contribution in [-0.2, 0) is 21.4 Å².